The van der Waals surface area contributed by atoms with Gasteiger partial charge in [-0.3, -0.25) is 4.98 Å². The molecular weight excluding hydrogens is 246 g/mol. The zero-order valence-corrected chi connectivity index (χ0v) is 11.4. The van der Waals surface area contributed by atoms with Crippen molar-refractivity contribution in [3.8, 4) is 17.2 Å². The van der Waals surface area contributed by atoms with Crippen molar-refractivity contribution in [2.24, 2.45) is 5.41 Å². The Hall–Kier alpha value is -1.95. The topological polar surface area (TPSA) is 81.3 Å². The molecule has 1 unspecified atom stereocenters. The highest BCUT2D eigenvalue weighted by molar-refractivity contribution is 5.60. The lowest BCUT2D eigenvalue weighted by Crippen LogP contribution is -2.21. The summed E-state index contributed by atoms with van der Waals surface area (Å²) in [6.07, 6.45) is 2.60. The lowest BCUT2D eigenvalue weighted by molar-refractivity contribution is 0.00718. The van der Waals surface area contributed by atoms with Crippen LogP contribution in [0.1, 0.15) is 32.7 Å². The Morgan fingerprint density at radius 1 is 1.37 bits per heavy atom. The van der Waals surface area contributed by atoms with Crippen LogP contribution in [0.4, 0.5) is 0 Å². The molecule has 2 rings (SSSR count). The van der Waals surface area contributed by atoms with Crippen molar-refractivity contribution >= 4 is 0 Å². The van der Waals surface area contributed by atoms with Crippen molar-refractivity contribution < 1.29 is 14.4 Å². The van der Waals surface area contributed by atoms with Crippen molar-refractivity contribution in [2.75, 3.05) is 7.11 Å². The van der Waals surface area contributed by atoms with Gasteiger partial charge in [0.1, 0.15) is 11.9 Å². The van der Waals surface area contributed by atoms with E-state index in [9.17, 15) is 5.11 Å². The van der Waals surface area contributed by atoms with Crippen molar-refractivity contribution in [3.63, 3.8) is 0 Å². The maximum atomic E-state index is 9.71. The molecule has 2 aromatic heterocycles. The third-order valence-electron chi connectivity index (χ3n) is 2.73. The highest BCUT2D eigenvalue weighted by Gasteiger charge is 2.31. The van der Waals surface area contributed by atoms with Gasteiger partial charge in [0.05, 0.1) is 11.8 Å². The van der Waals surface area contributed by atoms with Gasteiger partial charge in [-0.2, -0.15) is 4.98 Å². The average Bonchev–Trinajstić information content (AvgIpc) is 2.78. The first kappa shape index (κ1) is 13.5. The molecule has 2 heterocycles. The van der Waals surface area contributed by atoms with Crippen LogP contribution in [0.2, 0.25) is 0 Å². The molecule has 0 saturated carbocycles. The van der Waals surface area contributed by atoms with E-state index in [2.05, 4.69) is 15.1 Å². The number of ether oxygens (including phenoxy) is 1. The predicted molar refractivity (Wildman–Crippen MR) is 68.4 cm³/mol. The van der Waals surface area contributed by atoms with E-state index < -0.39 is 0 Å². The maximum absolute atomic E-state index is 9.71. The fourth-order valence-corrected chi connectivity index (χ4v) is 1.86. The third kappa shape index (κ3) is 2.73. The number of pyridine rings is 1. The van der Waals surface area contributed by atoms with Gasteiger partial charge in [-0.05, 0) is 11.5 Å². The molecule has 0 aromatic carbocycles. The van der Waals surface area contributed by atoms with Crippen molar-refractivity contribution in [1.82, 2.24) is 15.1 Å². The van der Waals surface area contributed by atoms with Crippen LogP contribution in [-0.2, 0) is 4.74 Å². The SMILES string of the molecule is COC(c1noc(-c2ccncc2O)n1)C(C)(C)C. The Morgan fingerprint density at radius 2 is 2.11 bits per heavy atom. The molecule has 0 aliphatic carbocycles. The highest BCUT2D eigenvalue weighted by atomic mass is 16.5. The van der Waals surface area contributed by atoms with Crippen molar-refractivity contribution in [2.45, 2.75) is 26.9 Å². The molecule has 0 radical (unpaired) electrons. The Bertz CT molecular complexity index is 560. The molecule has 6 heteroatoms. The van der Waals surface area contributed by atoms with E-state index in [0.29, 0.717) is 11.4 Å². The molecule has 0 amide bonds. The summed E-state index contributed by atoms with van der Waals surface area (Å²) in [5.41, 5.74) is 0.299. The van der Waals surface area contributed by atoms with Gasteiger partial charge < -0.3 is 14.4 Å². The van der Waals surface area contributed by atoms with Gasteiger partial charge >= 0.3 is 0 Å². The van der Waals surface area contributed by atoms with E-state index in [4.69, 9.17) is 9.26 Å². The highest BCUT2D eigenvalue weighted by Crippen LogP contribution is 2.35. The van der Waals surface area contributed by atoms with E-state index >= 15 is 0 Å². The van der Waals surface area contributed by atoms with Gasteiger partial charge in [0.25, 0.3) is 5.89 Å². The van der Waals surface area contributed by atoms with E-state index in [0.717, 1.165) is 0 Å². The summed E-state index contributed by atoms with van der Waals surface area (Å²) in [5, 5.41) is 13.6. The summed E-state index contributed by atoms with van der Waals surface area (Å²) in [6, 6.07) is 1.62. The quantitative estimate of drug-likeness (QED) is 0.916. The Labute approximate surface area is 111 Å². The molecule has 0 aliphatic rings. The lowest BCUT2D eigenvalue weighted by Gasteiger charge is -2.26. The summed E-state index contributed by atoms with van der Waals surface area (Å²) in [5.74, 6) is 0.713. The Kier molecular flexibility index (Phi) is 3.53. The van der Waals surface area contributed by atoms with Crippen molar-refractivity contribution in [1.29, 1.82) is 0 Å². The van der Waals surface area contributed by atoms with Crippen LogP contribution < -0.4 is 0 Å². The van der Waals surface area contributed by atoms with E-state index in [-0.39, 0.29) is 23.2 Å². The monoisotopic (exact) mass is 263 g/mol. The van der Waals surface area contributed by atoms with E-state index in [1.54, 1.807) is 19.4 Å². The summed E-state index contributed by atoms with van der Waals surface area (Å²) >= 11 is 0. The Balaban J connectivity index is 2.37. The summed E-state index contributed by atoms with van der Waals surface area (Å²) in [7, 11) is 1.61. The average molecular weight is 263 g/mol. The van der Waals surface area contributed by atoms with E-state index in [1.807, 2.05) is 20.8 Å². The molecule has 102 valence electrons. The molecule has 0 fully saturated rings. The second-order valence-corrected chi connectivity index (χ2v) is 5.33. The van der Waals surface area contributed by atoms with Crippen LogP contribution >= 0.6 is 0 Å². The minimum absolute atomic E-state index is 0.00225. The maximum Gasteiger partial charge on any atom is 0.261 e. The second-order valence-electron chi connectivity index (χ2n) is 5.33. The molecule has 2 aromatic rings. The van der Waals surface area contributed by atoms with E-state index in [1.165, 1.54) is 6.20 Å². The van der Waals surface area contributed by atoms with Crippen LogP contribution in [-0.4, -0.2) is 27.3 Å². The van der Waals surface area contributed by atoms with Gasteiger partial charge in [0.2, 0.25) is 5.82 Å². The number of methoxy groups -OCH3 is 1. The number of hydrogen-bond acceptors (Lipinski definition) is 6. The normalized spacial score (nSPS) is 13.5. The molecule has 0 saturated heterocycles. The largest absolute Gasteiger partial charge is 0.505 e. The number of aromatic hydroxyl groups is 1. The van der Waals surface area contributed by atoms with Crippen LogP contribution in [0, 0.1) is 5.41 Å². The Morgan fingerprint density at radius 3 is 2.68 bits per heavy atom. The molecule has 6 nitrogen and oxygen atoms in total. The molecule has 0 bridgehead atoms. The molecule has 0 spiro atoms. The molecule has 1 N–H and O–H groups in total. The number of rotatable bonds is 3. The minimum atomic E-state index is -0.283. The standard InChI is InChI=1S/C13H17N3O3/c1-13(2,3)10(18-4)11-15-12(19-16-11)8-5-6-14-7-9(8)17/h5-7,10,17H,1-4H3. The van der Waals surface area contributed by atoms with Gasteiger partial charge in [-0.25, -0.2) is 0 Å². The zero-order valence-electron chi connectivity index (χ0n) is 11.4. The van der Waals surface area contributed by atoms with Crippen LogP contribution in [0.3, 0.4) is 0 Å². The molecular formula is C13H17N3O3. The van der Waals surface area contributed by atoms with Gasteiger partial charge in [0, 0.05) is 13.3 Å². The summed E-state index contributed by atoms with van der Waals surface area (Å²) in [4.78, 5) is 8.09. The number of nitrogens with zero attached hydrogens (tertiary/aromatic N) is 3. The number of aromatic nitrogens is 3. The summed E-state index contributed by atoms with van der Waals surface area (Å²) in [6.45, 7) is 6.09. The fourth-order valence-electron chi connectivity index (χ4n) is 1.86. The molecule has 19 heavy (non-hydrogen) atoms. The first-order valence-corrected chi connectivity index (χ1v) is 5.93. The second kappa shape index (κ2) is 4.97. The van der Waals surface area contributed by atoms with Crippen molar-refractivity contribution in [3.05, 3.63) is 24.3 Å². The molecule has 1 atom stereocenters. The predicted octanol–water partition coefficient (Wildman–Crippen LogP) is 2.57. The van der Waals surface area contributed by atoms with Gasteiger partial charge in [-0.15, -0.1) is 0 Å². The zero-order chi connectivity index (χ0) is 14.0. The molecule has 0 aliphatic heterocycles. The van der Waals surface area contributed by atoms with Crippen LogP contribution in [0.15, 0.2) is 23.0 Å². The van der Waals surface area contributed by atoms with Gasteiger partial charge in [0.15, 0.2) is 0 Å². The van der Waals surface area contributed by atoms with Crippen LogP contribution in [0.5, 0.6) is 5.75 Å². The summed E-state index contributed by atoms with van der Waals surface area (Å²) < 4.78 is 10.6. The first-order chi connectivity index (χ1) is 8.93. The first-order valence-electron chi connectivity index (χ1n) is 5.93. The third-order valence-corrected chi connectivity index (χ3v) is 2.73. The fraction of sp³-hybridized carbons (Fsp3) is 0.462. The van der Waals surface area contributed by atoms with Crippen LogP contribution in [0.25, 0.3) is 11.5 Å². The minimum Gasteiger partial charge on any atom is -0.505 e. The van der Waals surface area contributed by atoms with Gasteiger partial charge in [-0.1, -0.05) is 25.9 Å². The lowest BCUT2D eigenvalue weighted by atomic mass is 9.88. The number of hydrogen-bond donors (Lipinski definition) is 1. The smallest absolute Gasteiger partial charge is 0.261 e.